The van der Waals surface area contributed by atoms with E-state index in [9.17, 15) is 9.59 Å². The van der Waals surface area contributed by atoms with Crippen molar-refractivity contribution < 1.29 is 14.7 Å². The maximum Gasteiger partial charge on any atom is 0.323 e. The van der Waals surface area contributed by atoms with Crippen LogP contribution in [-0.2, 0) is 9.59 Å². The van der Waals surface area contributed by atoms with Crippen LogP contribution < -0.4 is 10.2 Å². The Labute approximate surface area is 119 Å². The lowest BCUT2D eigenvalue weighted by atomic mass is 10.1. The zero-order chi connectivity index (χ0) is 15.1. The van der Waals surface area contributed by atoms with Crippen LogP contribution in [0.5, 0.6) is 0 Å². The number of aryl methyl sites for hydroxylation is 1. The van der Waals surface area contributed by atoms with Crippen molar-refractivity contribution in [3.05, 3.63) is 29.8 Å². The number of carbonyl (C=O) groups excluding carboxylic acids is 1. The van der Waals surface area contributed by atoms with Crippen LogP contribution in [0.2, 0.25) is 0 Å². The summed E-state index contributed by atoms with van der Waals surface area (Å²) in [5.41, 5.74) is 1.82. The maximum absolute atomic E-state index is 12.0. The molecule has 1 aromatic rings. The van der Waals surface area contributed by atoms with Crippen molar-refractivity contribution in [2.75, 3.05) is 18.0 Å². The highest BCUT2D eigenvalue weighted by Gasteiger charge is 2.23. The Balaban J connectivity index is 2.90. The van der Waals surface area contributed by atoms with Crippen LogP contribution >= 0.6 is 0 Å². The minimum Gasteiger partial charge on any atom is -0.480 e. The third kappa shape index (κ3) is 4.57. The Kier molecular flexibility index (Phi) is 6.03. The van der Waals surface area contributed by atoms with Crippen molar-refractivity contribution in [3.8, 4) is 0 Å². The molecule has 1 unspecified atom stereocenters. The van der Waals surface area contributed by atoms with Gasteiger partial charge in [0.25, 0.3) is 0 Å². The van der Waals surface area contributed by atoms with Crippen molar-refractivity contribution in [3.63, 3.8) is 0 Å². The predicted molar refractivity (Wildman–Crippen MR) is 78.9 cm³/mol. The monoisotopic (exact) mass is 278 g/mol. The molecule has 1 rings (SSSR count). The first-order valence-electron chi connectivity index (χ1n) is 6.78. The molecule has 0 bridgehead atoms. The normalized spacial score (nSPS) is 11.8. The van der Waals surface area contributed by atoms with Gasteiger partial charge in [-0.1, -0.05) is 24.6 Å². The van der Waals surface area contributed by atoms with E-state index < -0.39 is 12.0 Å². The van der Waals surface area contributed by atoms with Crippen LogP contribution in [0.25, 0.3) is 0 Å². The summed E-state index contributed by atoms with van der Waals surface area (Å²) in [6, 6.07) is 6.95. The number of aliphatic carboxylic acids is 1. The van der Waals surface area contributed by atoms with Gasteiger partial charge in [0.2, 0.25) is 5.91 Å². The maximum atomic E-state index is 12.0. The van der Waals surface area contributed by atoms with E-state index in [0.717, 1.165) is 17.7 Å². The van der Waals surface area contributed by atoms with Gasteiger partial charge in [-0.05, 0) is 32.4 Å². The van der Waals surface area contributed by atoms with Crippen LogP contribution in [0.3, 0.4) is 0 Å². The number of nitrogens with one attached hydrogen (secondary N) is 1. The van der Waals surface area contributed by atoms with Gasteiger partial charge in [-0.15, -0.1) is 0 Å². The Hall–Kier alpha value is -2.04. The lowest BCUT2D eigenvalue weighted by molar-refractivity contribution is -0.135. The minimum atomic E-state index is -0.958. The van der Waals surface area contributed by atoms with E-state index in [1.54, 1.807) is 11.8 Å². The summed E-state index contributed by atoms with van der Waals surface area (Å²) in [6.07, 6.45) is 0.849. The lowest BCUT2D eigenvalue weighted by Gasteiger charge is -2.29. The van der Waals surface area contributed by atoms with Crippen LogP contribution in [0.1, 0.15) is 25.8 Å². The molecule has 0 heterocycles. The highest BCUT2D eigenvalue weighted by molar-refractivity contribution is 5.87. The average Bonchev–Trinajstić information content (AvgIpc) is 2.42. The first-order chi connectivity index (χ1) is 9.45. The van der Waals surface area contributed by atoms with Crippen molar-refractivity contribution in [1.29, 1.82) is 0 Å². The fourth-order valence-corrected chi connectivity index (χ4v) is 1.87. The predicted octanol–water partition coefficient (Wildman–Crippen LogP) is 1.80. The molecule has 1 amide bonds. The molecular weight excluding hydrogens is 256 g/mol. The largest absolute Gasteiger partial charge is 0.480 e. The third-order valence-electron chi connectivity index (χ3n) is 3.07. The fraction of sp³-hybridized carbons (Fsp3) is 0.467. The Morgan fingerprint density at radius 2 is 1.90 bits per heavy atom. The highest BCUT2D eigenvalue weighted by Crippen LogP contribution is 2.17. The molecular formula is C15H22N2O3. The highest BCUT2D eigenvalue weighted by atomic mass is 16.4. The molecule has 0 spiro atoms. The van der Waals surface area contributed by atoms with Crippen molar-refractivity contribution >= 4 is 17.6 Å². The molecule has 0 aromatic heterocycles. The van der Waals surface area contributed by atoms with Gasteiger partial charge >= 0.3 is 5.97 Å². The Morgan fingerprint density at radius 3 is 2.40 bits per heavy atom. The molecule has 1 aromatic carbocycles. The first-order valence-corrected chi connectivity index (χ1v) is 6.78. The van der Waals surface area contributed by atoms with Crippen molar-refractivity contribution in [2.45, 2.75) is 33.2 Å². The van der Waals surface area contributed by atoms with Gasteiger partial charge in [-0.2, -0.15) is 0 Å². The number of benzene rings is 1. The van der Waals surface area contributed by atoms with E-state index in [1.165, 1.54) is 0 Å². The number of rotatable bonds is 7. The zero-order valence-electron chi connectivity index (χ0n) is 12.2. The molecule has 5 heteroatoms. The van der Waals surface area contributed by atoms with Crippen molar-refractivity contribution in [2.24, 2.45) is 0 Å². The fourth-order valence-electron chi connectivity index (χ4n) is 1.87. The topological polar surface area (TPSA) is 69.6 Å². The van der Waals surface area contributed by atoms with Gasteiger partial charge < -0.3 is 15.3 Å². The number of nitrogens with zero attached hydrogens (tertiary/aromatic N) is 1. The summed E-state index contributed by atoms with van der Waals surface area (Å²) in [5.74, 6) is -1.12. The van der Waals surface area contributed by atoms with Gasteiger partial charge in [-0.25, -0.2) is 0 Å². The second-order valence-electron chi connectivity index (χ2n) is 4.82. The zero-order valence-corrected chi connectivity index (χ0v) is 12.2. The Morgan fingerprint density at radius 1 is 1.30 bits per heavy atom. The van der Waals surface area contributed by atoms with Gasteiger partial charge in [0.05, 0.1) is 0 Å². The molecule has 0 aliphatic carbocycles. The van der Waals surface area contributed by atoms with E-state index in [-0.39, 0.29) is 12.5 Å². The molecule has 0 fully saturated rings. The van der Waals surface area contributed by atoms with Gasteiger partial charge in [0.1, 0.15) is 12.6 Å². The van der Waals surface area contributed by atoms with Crippen LogP contribution in [0.4, 0.5) is 5.69 Å². The smallest absolute Gasteiger partial charge is 0.323 e. The number of amides is 1. The van der Waals surface area contributed by atoms with Gasteiger partial charge in [0.15, 0.2) is 0 Å². The summed E-state index contributed by atoms with van der Waals surface area (Å²) in [7, 11) is 0. The number of hydrogen-bond acceptors (Lipinski definition) is 3. The molecule has 20 heavy (non-hydrogen) atoms. The van der Waals surface area contributed by atoms with Crippen LogP contribution in [0.15, 0.2) is 24.3 Å². The third-order valence-corrected chi connectivity index (χ3v) is 3.07. The molecule has 0 aliphatic heterocycles. The summed E-state index contributed by atoms with van der Waals surface area (Å²) in [6.45, 7) is 6.04. The number of carboxylic acids is 1. The summed E-state index contributed by atoms with van der Waals surface area (Å²) in [4.78, 5) is 24.6. The van der Waals surface area contributed by atoms with Crippen LogP contribution in [0, 0.1) is 6.92 Å². The van der Waals surface area contributed by atoms with E-state index in [1.807, 2.05) is 38.1 Å². The molecule has 2 N–H and O–H groups in total. The molecule has 0 aliphatic rings. The molecule has 1 atom stereocenters. The van der Waals surface area contributed by atoms with Gasteiger partial charge in [0, 0.05) is 12.2 Å². The number of carboxylic acid groups (broad SMARTS) is 1. The van der Waals surface area contributed by atoms with E-state index in [0.29, 0.717) is 6.54 Å². The van der Waals surface area contributed by atoms with E-state index in [4.69, 9.17) is 5.11 Å². The second kappa shape index (κ2) is 7.53. The van der Waals surface area contributed by atoms with Gasteiger partial charge in [-0.3, -0.25) is 9.59 Å². The summed E-state index contributed by atoms with van der Waals surface area (Å²) < 4.78 is 0. The molecule has 0 saturated heterocycles. The molecule has 0 saturated carbocycles. The number of carbonyl (C=O) groups is 2. The minimum absolute atomic E-state index is 0.159. The first kappa shape index (κ1) is 16.0. The average molecular weight is 278 g/mol. The number of hydrogen-bond donors (Lipinski definition) is 2. The SMILES string of the molecule is CCCNC(=O)C(C)N(CC(=O)O)c1ccc(C)cc1. The summed E-state index contributed by atoms with van der Waals surface area (Å²) in [5, 5.41) is 11.8. The lowest BCUT2D eigenvalue weighted by Crippen LogP contribution is -2.47. The number of anilines is 1. The molecule has 0 radical (unpaired) electrons. The van der Waals surface area contributed by atoms with Crippen molar-refractivity contribution in [1.82, 2.24) is 5.32 Å². The van der Waals surface area contributed by atoms with E-state index in [2.05, 4.69) is 5.32 Å². The van der Waals surface area contributed by atoms with Crippen LogP contribution in [-0.4, -0.2) is 36.1 Å². The van der Waals surface area contributed by atoms with E-state index >= 15 is 0 Å². The standard InChI is InChI=1S/C15H22N2O3/c1-4-9-16-15(20)12(3)17(10-14(18)19)13-7-5-11(2)6-8-13/h5-8,12H,4,9-10H2,1-3H3,(H,16,20)(H,18,19). The summed E-state index contributed by atoms with van der Waals surface area (Å²) >= 11 is 0. The molecule has 5 nitrogen and oxygen atoms in total. The second-order valence-corrected chi connectivity index (χ2v) is 4.82. The molecule has 110 valence electrons. The quantitative estimate of drug-likeness (QED) is 0.798. The Bertz CT molecular complexity index is 457.